The second-order valence-electron chi connectivity index (χ2n) is 5.14. The molecular weight excluding hydrogens is 294 g/mol. The Labute approximate surface area is 118 Å². The molecule has 0 amide bonds. The van der Waals surface area contributed by atoms with Gasteiger partial charge in [0, 0.05) is 20.7 Å². The van der Waals surface area contributed by atoms with Gasteiger partial charge in [-0.1, -0.05) is 49.7 Å². The maximum atomic E-state index is 3.55. The van der Waals surface area contributed by atoms with Crippen molar-refractivity contribution in [2.75, 3.05) is 6.54 Å². The van der Waals surface area contributed by atoms with Crippen LogP contribution < -0.4 is 5.32 Å². The molecule has 1 aromatic rings. The summed E-state index contributed by atoms with van der Waals surface area (Å²) in [4.78, 5) is 1.37. The minimum Gasteiger partial charge on any atom is -0.313 e. The summed E-state index contributed by atoms with van der Waals surface area (Å²) in [6, 6.07) is 6.55. The van der Waals surface area contributed by atoms with E-state index < -0.39 is 0 Å². The molecule has 1 rings (SSSR count). The second kappa shape index (κ2) is 6.81. The van der Waals surface area contributed by atoms with Crippen LogP contribution in [0.4, 0.5) is 0 Å². The number of thioether (sulfide) groups is 1. The van der Waals surface area contributed by atoms with Crippen LogP contribution >= 0.6 is 27.7 Å². The largest absolute Gasteiger partial charge is 0.313 e. The van der Waals surface area contributed by atoms with Crippen LogP contribution in [-0.4, -0.2) is 11.3 Å². The number of halogens is 1. The minimum atomic E-state index is 0.250. The van der Waals surface area contributed by atoms with Crippen molar-refractivity contribution in [3.63, 3.8) is 0 Å². The van der Waals surface area contributed by atoms with Crippen molar-refractivity contribution < 1.29 is 0 Å². The molecular formula is C14H22BrNS. The highest BCUT2D eigenvalue weighted by Gasteiger charge is 2.14. The van der Waals surface area contributed by atoms with Gasteiger partial charge in [-0.25, -0.2) is 0 Å². The molecule has 1 N–H and O–H groups in total. The quantitative estimate of drug-likeness (QED) is 0.616. The third-order valence-electron chi connectivity index (χ3n) is 2.19. The summed E-state index contributed by atoms with van der Waals surface area (Å²) in [5, 5.41) is 3.47. The van der Waals surface area contributed by atoms with Crippen LogP contribution in [-0.2, 0) is 6.54 Å². The summed E-state index contributed by atoms with van der Waals surface area (Å²) in [5.74, 6) is 0. The predicted octanol–water partition coefficient (Wildman–Crippen LogP) is 4.84. The van der Waals surface area contributed by atoms with E-state index in [4.69, 9.17) is 0 Å². The SMILES string of the molecule is CCCNCc1ccc(Br)cc1SC(C)(C)C. The average molecular weight is 316 g/mol. The molecule has 0 saturated heterocycles. The third-order valence-corrected chi connectivity index (χ3v) is 3.89. The van der Waals surface area contributed by atoms with Gasteiger partial charge in [-0.2, -0.15) is 0 Å². The lowest BCUT2D eigenvalue weighted by Gasteiger charge is -2.20. The summed E-state index contributed by atoms with van der Waals surface area (Å²) >= 11 is 5.48. The fourth-order valence-corrected chi connectivity index (χ4v) is 3.13. The van der Waals surface area contributed by atoms with Crippen molar-refractivity contribution in [3.05, 3.63) is 28.2 Å². The topological polar surface area (TPSA) is 12.0 Å². The zero-order valence-electron chi connectivity index (χ0n) is 11.1. The van der Waals surface area contributed by atoms with Crippen molar-refractivity contribution >= 4 is 27.7 Å². The predicted molar refractivity (Wildman–Crippen MR) is 81.7 cm³/mol. The van der Waals surface area contributed by atoms with E-state index in [-0.39, 0.29) is 4.75 Å². The minimum absolute atomic E-state index is 0.250. The van der Waals surface area contributed by atoms with Gasteiger partial charge >= 0.3 is 0 Å². The number of nitrogens with one attached hydrogen (secondary N) is 1. The molecule has 0 radical (unpaired) electrons. The molecule has 1 nitrogen and oxygen atoms in total. The Morgan fingerprint density at radius 2 is 2.00 bits per heavy atom. The first-order valence-corrected chi connectivity index (χ1v) is 7.71. The van der Waals surface area contributed by atoms with Crippen LogP contribution in [0.25, 0.3) is 0 Å². The van der Waals surface area contributed by atoms with E-state index in [1.165, 1.54) is 16.9 Å². The number of rotatable bonds is 5. The van der Waals surface area contributed by atoms with E-state index in [1.54, 1.807) is 0 Å². The molecule has 0 fully saturated rings. The molecule has 0 atom stereocenters. The third kappa shape index (κ3) is 5.94. The normalized spacial score (nSPS) is 11.8. The molecule has 0 aromatic heterocycles. The highest BCUT2D eigenvalue weighted by molar-refractivity contribution is 9.10. The molecule has 0 spiro atoms. The van der Waals surface area contributed by atoms with Crippen molar-refractivity contribution in [1.82, 2.24) is 5.32 Å². The fourth-order valence-electron chi connectivity index (χ4n) is 1.50. The van der Waals surface area contributed by atoms with Gasteiger partial charge in [-0.05, 0) is 30.7 Å². The zero-order valence-corrected chi connectivity index (χ0v) is 13.5. The molecule has 0 aliphatic heterocycles. The molecule has 17 heavy (non-hydrogen) atoms. The van der Waals surface area contributed by atoms with Crippen molar-refractivity contribution in [2.24, 2.45) is 0 Å². The highest BCUT2D eigenvalue weighted by atomic mass is 79.9. The molecule has 0 aliphatic carbocycles. The first-order chi connectivity index (χ1) is 7.92. The van der Waals surface area contributed by atoms with Gasteiger partial charge in [0.15, 0.2) is 0 Å². The monoisotopic (exact) mass is 315 g/mol. The van der Waals surface area contributed by atoms with E-state index in [0.717, 1.165) is 17.6 Å². The van der Waals surface area contributed by atoms with E-state index in [1.807, 2.05) is 11.8 Å². The van der Waals surface area contributed by atoms with Crippen LogP contribution in [0.2, 0.25) is 0 Å². The van der Waals surface area contributed by atoms with Crippen LogP contribution in [0.15, 0.2) is 27.6 Å². The summed E-state index contributed by atoms with van der Waals surface area (Å²) in [5.41, 5.74) is 1.39. The van der Waals surface area contributed by atoms with Gasteiger partial charge in [-0.3, -0.25) is 0 Å². The Balaban J connectivity index is 2.80. The van der Waals surface area contributed by atoms with Gasteiger partial charge in [0.2, 0.25) is 0 Å². The molecule has 0 aliphatic rings. The van der Waals surface area contributed by atoms with E-state index in [0.29, 0.717) is 0 Å². The summed E-state index contributed by atoms with van der Waals surface area (Å²) in [7, 11) is 0. The molecule has 96 valence electrons. The smallest absolute Gasteiger partial charge is 0.0216 e. The standard InChI is InChI=1S/C14H22BrNS/c1-5-8-16-10-11-6-7-12(15)9-13(11)17-14(2,3)4/h6-7,9,16H,5,8,10H2,1-4H3. The molecule has 0 unspecified atom stereocenters. The lowest BCUT2D eigenvalue weighted by molar-refractivity contribution is 0.668. The van der Waals surface area contributed by atoms with Gasteiger partial charge in [0.1, 0.15) is 0 Å². The van der Waals surface area contributed by atoms with Crippen LogP contribution in [0.1, 0.15) is 39.7 Å². The second-order valence-corrected chi connectivity index (χ2v) is 7.93. The molecule has 3 heteroatoms. The lowest BCUT2D eigenvalue weighted by Crippen LogP contribution is -2.15. The Hall–Kier alpha value is 0.01000. The van der Waals surface area contributed by atoms with Crippen molar-refractivity contribution in [3.8, 4) is 0 Å². The zero-order chi connectivity index (χ0) is 12.9. The first kappa shape index (κ1) is 15.1. The Morgan fingerprint density at radius 3 is 2.59 bits per heavy atom. The van der Waals surface area contributed by atoms with E-state index in [9.17, 15) is 0 Å². The van der Waals surface area contributed by atoms with E-state index in [2.05, 4.69) is 67.1 Å². The van der Waals surface area contributed by atoms with Crippen LogP contribution in [0.3, 0.4) is 0 Å². The average Bonchev–Trinajstić information content (AvgIpc) is 2.19. The maximum Gasteiger partial charge on any atom is 0.0216 e. The highest BCUT2D eigenvalue weighted by Crippen LogP contribution is 2.35. The summed E-state index contributed by atoms with van der Waals surface area (Å²) in [6.45, 7) is 11.0. The van der Waals surface area contributed by atoms with Crippen molar-refractivity contribution in [2.45, 2.75) is 50.3 Å². The van der Waals surface area contributed by atoms with Crippen LogP contribution in [0.5, 0.6) is 0 Å². The van der Waals surface area contributed by atoms with Gasteiger partial charge < -0.3 is 5.32 Å². The molecule has 0 heterocycles. The number of hydrogen-bond donors (Lipinski definition) is 1. The van der Waals surface area contributed by atoms with Crippen molar-refractivity contribution in [1.29, 1.82) is 0 Å². The first-order valence-electron chi connectivity index (χ1n) is 6.10. The Bertz CT molecular complexity index is 358. The lowest BCUT2D eigenvalue weighted by atomic mass is 10.2. The molecule has 1 aromatic carbocycles. The number of hydrogen-bond acceptors (Lipinski definition) is 2. The van der Waals surface area contributed by atoms with E-state index >= 15 is 0 Å². The fraction of sp³-hybridized carbons (Fsp3) is 0.571. The van der Waals surface area contributed by atoms with Gasteiger partial charge in [0.25, 0.3) is 0 Å². The Morgan fingerprint density at radius 1 is 1.29 bits per heavy atom. The number of benzene rings is 1. The maximum absolute atomic E-state index is 3.55. The van der Waals surface area contributed by atoms with Gasteiger partial charge in [0.05, 0.1) is 0 Å². The summed E-state index contributed by atoms with van der Waals surface area (Å²) < 4.78 is 1.41. The molecule has 0 bridgehead atoms. The van der Waals surface area contributed by atoms with Gasteiger partial charge in [-0.15, -0.1) is 11.8 Å². The summed E-state index contributed by atoms with van der Waals surface area (Å²) in [6.07, 6.45) is 1.18. The Kier molecular flexibility index (Phi) is 6.04. The van der Waals surface area contributed by atoms with Crippen LogP contribution in [0, 0.1) is 0 Å². The molecule has 0 saturated carbocycles.